The van der Waals surface area contributed by atoms with Crippen LogP contribution < -0.4 is 5.73 Å². The van der Waals surface area contributed by atoms with Gasteiger partial charge in [0, 0.05) is 19.6 Å². The Hall–Kier alpha value is -1.30. The number of primary amides is 1. The summed E-state index contributed by atoms with van der Waals surface area (Å²) < 4.78 is 5.16. The number of amides is 3. The van der Waals surface area contributed by atoms with Gasteiger partial charge in [-0.1, -0.05) is 0 Å². The second-order valence-corrected chi connectivity index (χ2v) is 3.64. The number of hydrogen-bond donors (Lipinski definition) is 1. The maximum atomic E-state index is 12.1. The highest BCUT2D eigenvalue weighted by Crippen LogP contribution is 2.10. The molecule has 0 bridgehead atoms. The third kappa shape index (κ3) is 2.63. The maximum Gasteiger partial charge on any atom is 0.320 e. The average molecular weight is 229 g/mol. The van der Waals surface area contributed by atoms with E-state index in [-0.39, 0.29) is 12.6 Å². The second kappa shape index (κ2) is 5.69. The van der Waals surface area contributed by atoms with Crippen molar-refractivity contribution >= 4 is 11.9 Å². The molecular weight excluding hydrogens is 210 g/mol. The number of morpholine rings is 1. The Morgan fingerprint density at radius 3 is 2.56 bits per heavy atom. The Morgan fingerprint density at radius 2 is 2.06 bits per heavy atom. The van der Waals surface area contributed by atoms with E-state index in [1.54, 1.807) is 4.90 Å². The molecular formula is C10H19N3O3. The van der Waals surface area contributed by atoms with E-state index >= 15 is 0 Å². The fourth-order valence-electron chi connectivity index (χ4n) is 1.74. The summed E-state index contributed by atoms with van der Waals surface area (Å²) in [4.78, 5) is 26.4. The van der Waals surface area contributed by atoms with Crippen LogP contribution in [0.3, 0.4) is 0 Å². The van der Waals surface area contributed by atoms with Gasteiger partial charge in [-0.15, -0.1) is 0 Å². The molecule has 16 heavy (non-hydrogen) atoms. The topological polar surface area (TPSA) is 75.9 Å². The lowest BCUT2D eigenvalue weighted by Gasteiger charge is -2.36. The predicted octanol–water partition coefficient (Wildman–Crippen LogP) is -0.366. The van der Waals surface area contributed by atoms with Crippen LogP contribution in [0.15, 0.2) is 0 Å². The minimum absolute atomic E-state index is 0.142. The Labute approximate surface area is 95.3 Å². The van der Waals surface area contributed by atoms with Crippen LogP contribution in [0.1, 0.15) is 13.8 Å². The SMILES string of the molecule is CCN(CC)C(=O)N1CCOCC1C(N)=O. The van der Waals surface area contributed by atoms with Crippen molar-refractivity contribution < 1.29 is 14.3 Å². The van der Waals surface area contributed by atoms with Crippen LogP contribution in [-0.2, 0) is 9.53 Å². The summed E-state index contributed by atoms with van der Waals surface area (Å²) in [7, 11) is 0. The number of urea groups is 1. The third-order valence-electron chi connectivity index (χ3n) is 2.74. The molecule has 0 aromatic carbocycles. The maximum absolute atomic E-state index is 12.1. The van der Waals surface area contributed by atoms with Crippen LogP contribution in [0.5, 0.6) is 0 Å². The van der Waals surface area contributed by atoms with Crippen LogP contribution in [0.2, 0.25) is 0 Å². The van der Waals surface area contributed by atoms with Gasteiger partial charge in [0.15, 0.2) is 0 Å². The molecule has 6 heteroatoms. The summed E-state index contributed by atoms with van der Waals surface area (Å²) >= 11 is 0. The van der Waals surface area contributed by atoms with Crippen molar-refractivity contribution in [1.82, 2.24) is 9.80 Å². The van der Waals surface area contributed by atoms with E-state index in [9.17, 15) is 9.59 Å². The second-order valence-electron chi connectivity index (χ2n) is 3.64. The first-order valence-corrected chi connectivity index (χ1v) is 5.54. The van der Waals surface area contributed by atoms with Gasteiger partial charge in [0.2, 0.25) is 5.91 Å². The molecule has 0 aromatic rings. The first-order valence-electron chi connectivity index (χ1n) is 5.54. The molecule has 92 valence electrons. The zero-order valence-corrected chi connectivity index (χ0v) is 9.81. The standard InChI is InChI=1S/C10H19N3O3/c1-3-12(4-2)10(15)13-5-6-16-7-8(13)9(11)14/h8H,3-7H2,1-2H3,(H2,11,14). The Balaban J connectivity index is 2.74. The van der Waals surface area contributed by atoms with Crippen molar-refractivity contribution in [2.75, 3.05) is 32.8 Å². The number of nitrogens with zero attached hydrogens (tertiary/aromatic N) is 2. The summed E-state index contributed by atoms with van der Waals surface area (Å²) in [5.41, 5.74) is 5.25. The lowest BCUT2D eigenvalue weighted by atomic mass is 10.2. The smallest absolute Gasteiger partial charge is 0.320 e. The fourth-order valence-corrected chi connectivity index (χ4v) is 1.74. The van der Waals surface area contributed by atoms with Crippen molar-refractivity contribution in [3.63, 3.8) is 0 Å². The van der Waals surface area contributed by atoms with Crippen LogP contribution in [0.4, 0.5) is 4.79 Å². The average Bonchev–Trinajstić information content (AvgIpc) is 2.30. The van der Waals surface area contributed by atoms with E-state index in [0.29, 0.717) is 26.2 Å². The molecule has 1 unspecified atom stereocenters. The molecule has 0 aromatic heterocycles. The van der Waals surface area contributed by atoms with Crippen LogP contribution in [0, 0.1) is 0 Å². The Bertz CT molecular complexity index is 266. The normalized spacial score (nSPS) is 20.6. The van der Waals surface area contributed by atoms with Crippen molar-refractivity contribution in [2.45, 2.75) is 19.9 Å². The van der Waals surface area contributed by atoms with Gasteiger partial charge >= 0.3 is 6.03 Å². The van der Waals surface area contributed by atoms with Gasteiger partial charge in [0.25, 0.3) is 0 Å². The molecule has 1 fully saturated rings. The summed E-state index contributed by atoms with van der Waals surface area (Å²) in [6.07, 6.45) is 0. The number of carbonyl (C=O) groups is 2. The zero-order valence-electron chi connectivity index (χ0n) is 9.81. The van der Waals surface area contributed by atoms with Crippen molar-refractivity contribution in [2.24, 2.45) is 5.73 Å². The van der Waals surface area contributed by atoms with E-state index in [1.807, 2.05) is 13.8 Å². The van der Waals surface area contributed by atoms with E-state index < -0.39 is 11.9 Å². The molecule has 2 N–H and O–H groups in total. The summed E-state index contributed by atoms with van der Waals surface area (Å²) in [5.74, 6) is -0.514. The summed E-state index contributed by atoms with van der Waals surface area (Å²) in [6.45, 7) is 6.13. The first-order chi connectivity index (χ1) is 7.61. The van der Waals surface area contributed by atoms with Gasteiger partial charge in [-0.2, -0.15) is 0 Å². The van der Waals surface area contributed by atoms with Crippen molar-refractivity contribution in [3.8, 4) is 0 Å². The summed E-state index contributed by atoms with van der Waals surface area (Å²) in [5, 5.41) is 0. The predicted molar refractivity (Wildman–Crippen MR) is 58.8 cm³/mol. The molecule has 0 spiro atoms. The number of ether oxygens (including phenoxy) is 1. The zero-order chi connectivity index (χ0) is 12.1. The molecule has 1 atom stereocenters. The van der Waals surface area contributed by atoms with Gasteiger partial charge in [-0.05, 0) is 13.8 Å². The molecule has 1 saturated heterocycles. The highest BCUT2D eigenvalue weighted by atomic mass is 16.5. The van der Waals surface area contributed by atoms with Gasteiger partial charge < -0.3 is 20.3 Å². The minimum Gasteiger partial charge on any atom is -0.377 e. The van der Waals surface area contributed by atoms with Crippen molar-refractivity contribution in [1.29, 1.82) is 0 Å². The molecule has 0 aliphatic carbocycles. The van der Waals surface area contributed by atoms with Gasteiger partial charge in [0.05, 0.1) is 13.2 Å². The van der Waals surface area contributed by atoms with Crippen LogP contribution in [-0.4, -0.2) is 60.6 Å². The van der Waals surface area contributed by atoms with E-state index in [4.69, 9.17) is 10.5 Å². The third-order valence-corrected chi connectivity index (χ3v) is 2.74. The van der Waals surface area contributed by atoms with Gasteiger partial charge in [-0.25, -0.2) is 4.79 Å². The first kappa shape index (κ1) is 12.8. The van der Waals surface area contributed by atoms with Crippen molar-refractivity contribution in [3.05, 3.63) is 0 Å². The monoisotopic (exact) mass is 229 g/mol. The highest BCUT2D eigenvalue weighted by molar-refractivity contribution is 5.86. The molecule has 0 saturated carbocycles. The number of hydrogen-bond acceptors (Lipinski definition) is 3. The largest absolute Gasteiger partial charge is 0.377 e. The Kier molecular flexibility index (Phi) is 4.54. The number of rotatable bonds is 3. The molecule has 1 aliphatic rings. The van der Waals surface area contributed by atoms with Gasteiger partial charge in [0.1, 0.15) is 6.04 Å². The molecule has 3 amide bonds. The number of carbonyl (C=O) groups excluding carboxylic acids is 2. The molecule has 6 nitrogen and oxygen atoms in total. The van der Waals surface area contributed by atoms with Gasteiger partial charge in [-0.3, -0.25) is 4.79 Å². The van der Waals surface area contributed by atoms with E-state index in [1.165, 1.54) is 4.90 Å². The van der Waals surface area contributed by atoms with E-state index in [0.717, 1.165) is 0 Å². The number of nitrogens with two attached hydrogens (primary N) is 1. The lowest BCUT2D eigenvalue weighted by molar-refractivity contribution is -0.127. The molecule has 1 aliphatic heterocycles. The molecule has 0 radical (unpaired) electrons. The van der Waals surface area contributed by atoms with E-state index in [2.05, 4.69) is 0 Å². The lowest BCUT2D eigenvalue weighted by Crippen LogP contribution is -2.58. The summed E-state index contributed by atoms with van der Waals surface area (Å²) in [6, 6.07) is -0.779. The quantitative estimate of drug-likeness (QED) is 0.717. The minimum atomic E-state index is -0.637. The fraction of sp³-hybridized carbons (Fsp3) is 0.800. The van der Waals surface area contributed by atoms with Crippen LogP contribution in [0.25, 0.3) is 0 Å². The highest BCUT2D eigenvalue weighted by Gasteiger charge is 2.33. The molecule has 1 heterocycles. The molecule has 1 rings (SSSR count). The van der Waals surface area contributed by atoms with Crippen LogP contribution >= 0.6 is 0 Å². The Morgan fingerprint density at radius 1 is 1.44 bits per heavy atom.